The topological polar surface area (TPSA) is 76.7 Å². The Balaban J connectivity index is 1.64. The first kappa shape index (κ1) is 21.6. The average Bonchev–Trinajstić information content (AvgIpc) is 2.71. The Labute approximate surface area is 170 Å². The second-order valence-corrected chi connectivity index (χ2v) is 6.63. The van der Waals surface area contributed by atoms with Crippen LogP contribution in [0.1, 0.15) is 17.5 Å². The van der Waals surface area contributed by atoms with E-state index in [9.17, 15) is 9.59 Å². The van der Waals surface area contributed by atoms with Gasteiger partial charge in [-0.2, -0.15) is 0 Å². The van der Waals surface area contributed by atoms with Crippen LogP contribution < -0.4 is 20.1 Å². The van der Waals surface area contributed by atoms with Gasteiger partial charge in [0, 0.05) is 24.5 Å². The Morgan fingerprint density at radius 2 is 1.46 bits per heavy atom. The fourth-order valence-electron chi connectivity index (χ4n) is 2.64. The Morgan fingerprint density at radius 1 is 0.857 bits per heavy atom. The molecule has 0 unspecified atom stereocenters. The number of carbonyl (C=O) groups excluding carboxylic acids is 2. The summed E-state index contributed by atoms with van der Waals surface area (Å²) in [4.78, 5) is 23.9. The van der Waals surface area contributed by atoms with Gasteiger partial charge in [0.1, 0.15) is 0 Å². The van der Waals surface area contributed by atoms with E-state index in [1.54, 1.807) is 26.4 Å². The van der Waals surface area contributed by atoms with E-state index in [1.165, 1.54) is 0 Å². The molecular weight excluding hydrogens is 380 g/mol. The predicted molar refractivity (Wildman–Crippen MR) is 109 cm³/mol. The Kier molecular flexibility index (Phi) is 8.62. The molecule has 0 fully saturated rings. The summed E-state index contributed by atoms with van der Waals surface area (Å²) in [5.74, 6) is 1.14. The smallest absolute Gasteiger partial charge is 0.224 e. The minimum Gasteiger partial charge on any atom is -0.493 e. The van der Waals surface area contributed by atoms with Crippen LogP contribution >= 0.6 is 11.6 Å². The summed E-state index contributed by atoms with van der Waals surface area (Å²) in [5, 5.41) is 6.23. The molecule has 0 radical (unpaired) electrons. The van der Waals surface area contributed by atoms with Gasteiger partial charge in [-0.25, -0.2) is 0 Å². The van der Waals surface area contributed by atoms with Gasteiger partial charge in [-0.05, 0) is 41.8 Å². The van der Waals surface area contributed by atoms with E-state index in [1.807, 2.05) is 30.3 Å². The van der Waals surface area contributed by atoms with Crippen molar-refractivity contribution in [3.8, 4) is 11.5 Å². The van der Waals surface area contributed by atoms with Gasteiger partial charge < -0.3 is 20.1 Å². The summed E-state index contributed by atoms with van der Waals surface area (Å²) in [7, 11) is 3.16. The molecule has 2 N–H and O–H groups in total. The lowest BCUT2D eigenvalue weighted by atomic mass is 10.1. The highest BCUT2D eigenvalue weighted by atomic mass is 35.5. The Hall–Kier alpha value is -2.73. The summed E-state index contributed by atoms with van der Waals surface area (Å²) >= 11 is 5.82. The second-order valence-electron chi connectivity index (χ2n) is 6.19. The zero-order valence-corrected chi connectivity index (χ0v) is 16.8. The number of amides is 2. The molecule has 0 heterocycles. The number of ether oxygens (including phenoxy) is 2. The Bertz CT molecular complexity index is 793. The van der Waals surface area contributed by atoms with Gasteiger partial charge >= 0.3 is 0 Å². The fourth-order valence-corrected chi connectivity index (χ4v) is 2.76. The van der Waals surface area contributed by atoms with Crippen molar-refractivity contribution >= 4 is 23.4 Å². The van der Waals surface area contributed by atoms with Crippen LogP contribution in [0.15, 0.2) is 42.5 Å². The molecule has 7 heteroatoms. The Morgan fingerprint density at radius 3 is 2.11 bits per heavy atom. The quantitative estimate of drug-likeness (QED) is 0.597. The van der Waals surface area contributed by atoms with Crippen molar-refractivity contribution < 1.29 is 19.1 Å². The van der Waals surface area contributed by atoms with Gasteiger partial charge in [0.15, 0.2) is 11.5 Å². The number of benzene rings is 2. The highest BCUT2D eigenvalue weighted by Crippen LogP contribution is 2.27. The van der Waals surface area contributed by atoms with Crippen LogP contribution in [-0.2, 0) is 22.4 Å². The molecular formula is C21H25ClN2O4. The molecule has 6 nitrogen and oxygen atoms in total. The summed E-state index contributed by atoms with van der Waals surface area (Å²) in [6.45, 7) is 0.769. The average molecular weight is 405 g/mol. The highest BCUT2D eigenvalue weighted by Gasteiger charge is 2.07. The first-order chi connectivity index (χ1) is 13.5. The van der Waals surface area contributed by atoms with Crippen molar-refractivity contribution in [1.29, 1.82) is 0 Å². The molecule has 0 atom stereocenters. The second kappa shape index (κ2) is 11.2. The van der Waals surface area contributed by atoms with Crippen LogP contribution in [0.4, 0.5) is 0 Å². The molecule has 2 rings (SSSR count). The standard InChI is InChI=1S/C21H25ClN2O4/c1-27-18-9-5-15(13-19(18)28-2)6-10-20(25)23-11-12-24-21(26)14-16-3-7-17(22)8-4-16/h3-5,7-9,13H,6,10-12,14H2,1-2H3,(H,23,25)(H,24,26). The van der Waals surface area contributed by atoms with Gasteiger partial charge in [0.2, 0.25) is 11.8 Å². The molecule has 2 aromatic carbocycles. The molecule has 0 aliphatic rings. The van der Waals surface area contributed by atoms with Crippen molar-refractivity contribution in [3.05, 3.63) is 58.6 Å². The van der Waals surface area contributed by atoms with E-state index in [0.29, 0.717) is 42.5 Å². The molecule has 28 heavy (non-hydrogen) atoms. The fraction of sp³-hybridized carbons (Fsp3) is 0.333. The maximum Gasteiger partial charge on any atom is 0.224 e. The predicted octanol–water partition coefficient (Wildman–Crippen LogP) is 2.76. The minimum absolute atomic E-state index is 0.0678. The van der Waals surface area contributed by atoms with E-state index in [4.69, 9.17) is 21.1 Å². The monoisotopic (exact) mass is 404 g/mol. The number of carbonyl (C=O) groups is 2. The summed E-state index contributed by atoms with van der Waals surface area (Å²) in [5.41, 5.74) is 1.88. The maximum absolute atomic E-state index is 12.0. The lowest BCUT2D eigenvalue weighted by Gasteiger charge is -2.10. The number of methoxy groups -OCH3 is 2. The van der Waals surface area contributed by atoms with Crippen molar-refractivity contribution in [1.82, 2.24) is 10.6 Å². The third-order valence-corrected chi connectivity index (χ3v) is 4.39. The van der Waals surface area contributed by atoms with E-state index in [0.717, 1.165) is 11.1 Å². The number of hydrogen-bond acceptors (Lipinski definition) is 4. The minimum atomic E-state index is -0.0955. The van der Waals surface area contributed by atoms with Gasteiger partial charge in [-0.15, -0.1) is 0 Å². The third-order valence-electron chi connectivity index (χ3n) is 4.14. The van der Waals surface area contributed by atoms with E-state index in [2.05, 4.69) is 10.6 Å². The van der Waals surface area contributed by atoms with Crippen molar-refractivity contribution in [2.75, 3.05) is 27.3 Å². The van der Waals surface area contributed by atoms with Crippen LogP contribution in [0.2, 0.25) is 5.02 Å². The number of rotatable bonds is 10. The summed E-state index contributed by atoms with van der Waals surface area (Å²) in [6, 6.07) is 12.7. The molecule has 0 saturated carbocycles. The molecule has 2 amide bonds. The zero-order chi connectivity index (χ0) is 20.4. The summed E-state index contributed by atoms with van der Waals surface area (Å²) in [6.07, 6.45) is 1.23. The number of nitrogens with one attached hydrogen (secondary N) is 2. The van der Waals surface area contributed by atoms with Crippen molar-refractivity contribution in [2.24, 2.45) is 0 Å². The third kappa shape index (κ3) is 7.12. The van der Waals surface area contributed by atoms with E-state index in [-0.39, 0.29) is 18.2 Å². The van der Waals surface area contributed by atoms with E-state index >= 15 is 0 Å². The first-order valence-corrected chi connectivity index (χ1v) is 9.38. The van der Waals surface area contributed by atoms with Gasteiger partial charge in [-0.1, -0.05) is 29.8 Å². The SMILES string of the molecule is COc1ccc(CCC(=O)NCCNC(=O)Cc2ccc(Cl)cc2)cc1OC. The van der Waals surface area contributed by atoms with Gasteiger partial charge in [-0.3, -0.25) is 9.59 Å². The lowest BCUT2D eigenvalue weighted by molar-refractivity contribution is -0.122. The lowest BCUT2D eigenvalue weighted by Crippen LogP contribution is -2.35. The normalized spacial score (nSPS) is 10.2. The van der Waals surface area contributed by atoms with Crippen LogP contribution in [0.5, 0.6) is 11.5 Å². The van der Waals surface area contributed by atoms with Crippen molar-refractivity contribution in [2.45, 2.75) is 19.3 Å². The van der Waals surface area contributed by atoms with E-state index < -0.39 is 0 Å². The zero-order valence-electron chi connectivity index (χ0n) is 16.1. The molecule has 0 bridgehead atoms. The van der Waals surface area contributed by atoms with Crippen molar-refractivity contribution in [3.63, 3.8) is 0 Å². The van der Waals surface area contributed by atoms with Gasteiger partial charge in [0.05, 0.1) is 20.6 Å². The van der Waals surface area contributed by atoms with Crippen LogP contribution in [-0.4, -0.2) is 39.1 Å². The van der Waals surface area contributed by atoms with Crippen LogP contribution in [0.25, 0.3) is 0 Å². The molecule has 150 valence electrons. The van der Waals surface area contributed by atoms with Crippen LogP contribution in [0, 0.1) is 0 Å². The molecule has 0 saturated heterocycles. The van der Waals surface area contributed by atoms with Crippen LogP contribution in [0.3, 0.4) is 0 Å². The molecule has 0 aromatic heterocycles. The molecule has 2 aromatic rings. The number of aryl methyl sites for hydroxylation is 1. The molecule has 0 spiro atoms. The maximum atomic E-state index is 12.0. The number of halogens is 1. The largest absolute Gasteiger partial charge is 0.493 e. The highest BCUT2D eigenvalue weighted by molar-refractivity contribution is 6.30. The summed E-state index contributed by atoms with van der Waals surface area (Å²) < 4.78 is 10.5. The molecule has 0 aliphatic carbocycles. The van der Waals surface area contributed by atoms with Gasteiger partial charge in [0.25, 0.3) is 0 Å². The number of hydrogen-bond donors (Lipinski definition) is 2. The molecule has 0 aliphatic heterocycles. The first-order valence-electron chi connectivity index (χ1n) is 9.00.